The predicted molar refractivity (Wildman–Crippen MR) is 70.1 cm³/mol. The molecule has 19 heavy (non-hydrogen) atoms. The summed E-state index contributed by atoms with van der Waals surface area (Å²) in [7, 11) is -2.22. The number of carbonyl (C=O) groups is 1. The number of carboxylic acids is 1. The van der Waals surface area contributed by atoms with Crippen molar-refractivity contribution in [3.05, 3.63) is 28.8 Å². The second-order valence-electron chi connectivity index (χ2n) is 3.69. The Morgan fingerprint density at radius 3 is 2.74 bits per heavy atom. The highest BCUT2D eigenvalue weighted by molar-refractivity contribution is 7.89. The van der Waals surface area contributed by atoms with Crippen LogP contribution in [0.4, 0.5) is 0 Å². The van der Waals surface area contributed by atoms with Gasteiger partial charge in [-0.25, -0.2) is 17.9 Å². The molecule has 1 aromatic carbocycles. The van der Waals surface area contributed by atoms with Gasteiger partial charge in [0.05, 0.1) is 15.5 Å². The van der Waals surface area contributed by atoms with Crippen LogP contribution in [0.15, 0.2) is 23.1 Å². The first kappa shape index (κ1) is 15.9. The van der Waals surface area contributed by atoms with Gasteiger partial charge < -0.3 is 9.84 Å². The van der Waals surface area contributed by atoms with Gasteiger partial charge in [-0.15, -0.1) is 0 Å². The Kier molecular flexibility index (Phi) is 5.74. The van der Waals surface area contributed by atoms with E-state index in [0.717, 1.165) is 6.07 Å². The molecule has 0 radical (unpaired) electrons. The van der Waals surface area contributed by atoms with Crippen molar-refractivity contribution in [2.24, 2.45) is 0 Å². The lowest BCUT2D eigenvalue weighted by molar-refractivity contribution is 0.0697. The van der Waals surface area contributed by atoms with E-state index >= 15 is 0 Å². The van der Waals surface area contributed by atoms with Crippen molar-refractivity contribution in [2.45, 2.75) is 11.3 Å². The van der Waals surface area contributed by atoms with Gasteiger partial charge in [0.1, 0.15) is 0 Å². The van der Waals surface area contributed by atoms with Crippen LogP contribution in [0.25, 0.3) is 0 Å². The van der Waals surface area contributed by atoms with Crippen molar-refractivity contribution in [2.75, 3.05) is 20.3 Å². The van der Waals surface area contributed by atoms with Gasteiger partial charge in [0.25, 0.3) is 0 Å². The number of nitrogens with one attached hydrogen (secondary N) is 1. The summed E-state index contributed by atoms with van der Waals surface area (Å²) in [6.07, 6.45) is 0.523. The zero-order chi connectivity index (χ0) is 14.5. The molecule has 0 unspecified atom stereocenters. The van der Waals surface area contributed by atoms with Crippen LogP contribution in [-0.4, -0.2) is 39.8 Å². The average Bonchev–Trinajstić information content (AvgIpc) is 2.34. The van der Waals surface area contributed by atoms with Crippen LogP contribution in [0.3, 0.4) is 0 Å². The Balaban J connectivity index is 2.89. The van der Waals surface area contributed by atoms with Gasteiger partial charge in [0.2, 0.25) is 10.0 Å². The molecule has 2 N–H and O–H groups in total. The molecule has 0 spiro atoms. The number of carboxylic acid groups (broad SMARTS) is 1. The van der Waals surface area contributed by atoms with Gasteiger partial charge in [0, 0.05) is 20.3 Å². The van der Waals surface area contributed by atoms with Crippen LogP contribution in [0, 0.1) is 0 Å². The summed E-state index contributed by atoms with van der Waals surface area (Å²) in [5.41, 5.74) is -0.249. The highest BCUT2D eigenvalue weighted by atomic mass is 35.5. The van der Waals surface area contributed by atoms with E-state index in [0.29, 0.717) is 13.0 Å². The van der Waals surface area contributed by atoms with Crippen molar-refractivity contribution < 1.29 is 23.1 Å². The number of aromatic carboxylic acids is 1. The highest BCUT2D eigenvalue weighted by Gasteiger charge is 2.17. The zero-order valence-corrected chi connectivity index (χ0v) is 11.8. The van der Waals surface area contributed by atoms with Gasteiger partial charge in [-0.05, 0) is 24.6 Å². The van der Waals surface area contributed by atoms with Crippen LogP contribution in [0.1, 0.15) is 16.8 Å². The molecule has 0 aromatic heterocycles. The Hall–Kier alpha value is -1.15. The van der Waals surface area contributed by atoms with Crippen molar-refractivity contribution in [3.8, 4) is 0 Å². The topological polar surface area (TPSA) is 92.7 Å². The van der Waals surface area contributed by atoms with Crippen molar-refractivity contribution in [1.29, 1.82) is 0 Å². The lowest BCUT2D eigenvalue weighted by Gasteiger charge is -2.08. The summed E-state index contributed by atoms with van der Waals surface area (Å²) in [6, 6.07) is 3.53. The minimum atomic E-state index is -3.74. The van der Waals surface area contributed by atoms with E-state index < -0.39 is 16.0 Å². The van der Waals surface area contributed by atoms with Crippen molar-refractivity contribution in [3.63, 3.8) is 0 Å². The maximum atomic E-state index is 11.9. The number of rotatable bonds is 7. The number of methoxy groups -OCH3 is 1. The molecular weight excluding hydrogens is 294 g/mol. The third-order valence-electron chi connectivity index (χ3n) is 2.30. The second kappa shape index (κ2) is 6.85. The molecule has 0 aliphatic heterocycles. The SMILES string of the molecule is COCCCNS(=O)(=O)c1ccc(Cl)c(C(=O)O)c1. The molecule has 1 aromatic rings. The summed E-state index contributed by atoms with van der Waals surface area (Å²) < 4.78 is 30.9. The molecule has 0 saturated heterocycles. The molecule has 0 fully saturated rings. The molecule has 0 bridgehead atoms. The van der Waals surface area contributed by atoms with Crippen LogP contribution in [-0.2, 0) is 14.8 Å². The van der Waals surface area contributed by atoms with Gasteiger partial charge in [-0.2, -0.15) is 0 Å². The molecular formula is C11H14ClNO5S. The van der Waals surface area contributed by atoms with Crippen molar-refractivity contribution in [1.82, 2.24) is 4.72 Å². The van der Waals surface area contributed by atoms with Crippen LogP contribution in [0.5, 0.6) is 0 Å². The molecule has 1 rings (SSSR count). The van der Waals surface area contributed by atoms with E-state index in [2.05, 4.69) is 4.72 Å². The Labute approximate surface area is 116 Å². The van der Waals surface area contributed by atoms with E-state index in [-0.39, 0.29) is 22.0 Å². The minimum absolute atomic E-state index is 0.00849. The largest absolute Gasteiger partial charge is 0.478 e. The first-order chi connectivity index (χ1) is 8.88. The normalized spacial score (nSPS) is 11.5. The molecule has 0 amide bonds. The first-order valence-electron chi connectivity index (χ1n) is 5.40. The summed E-state index contributed by atoms with van der Waals surface area (Å²) in [5, 5.41) is 8.88. The average molecular weight is 308 g/mol. The number of sulfonamides is 1. The fraction of sp³-hybridized carbons (Fsp3) is 0.364. The third kappa shape index (κ3) is 4.46. The van der Waals surface area contributed by atoms with Gasteiger partial charge in [-0.1, -0.05) is 11.6 Å². The van der Waals surface area contributed by atoms with Crippen LogP contribution in [0.2, 0.25) is 5.02 Å². The molecule has 8 heteroatoms. The van der Waals surface area contributed by atoms with Crippen molar-refractivity contribution >= 4 is 27.6 Å². The van der Waals surface area contributed by atoms with E-state index in [4.69, 9.17) is 21.4 Å². The molecule has 6 nitrogen and oxygen atoms in total. The molecule has 0 saturated carbocycles. The predicted octanol–water partition coefficient (Wildman–Crippen LogP) is 1.35. The molecule has 106 valence electrons. The maximum absolute atomic E-state index is 11.9. The van der Waals surface area contributed by atoms with E-state index in [9.17, 15) is 13.2 Å². The molecule has 0 atom stereocenters. The van der Waals surface area contributed by atoms with Crippen LogP contribution < -0.4 is 4.72 Å². The van der Waals surface area contributed by atoms with E-state index in [1.54, 1.807) is 0 Å². The lowest BCUT2D eigenvalue weighted by Crippen LogP contribution is -2.25. The number of halogens is 1. The molecule has 0 aliphatic rings. The summed E-state index contributed by atoms with van der Waals surface area (Å²) in [5.74, 6) is -1.28. The van der Waals surface area contributed by atoms with Crippen LogP contribution >= 0.6 is 11.6 Å². The number of hydrogen-bond donors (Lipinski definition) is 2. The lowest BCUT2D eigenvalue weighted by atomic mass is 10.2. The van der Waals surface area contributed by atoms with Gasteiger partial charge in [0.15, 0.2) is 0 Å². The monoisotopic (exact) mass is 307 g/mol. The summed E-state index contributed by atoms with van der Waals surface area (Å²) in [4.78, 5) is 10.8. The smallest absolute Gasteiger partial charge is 0.337 e. The fourth-order valence-electron chi connectivity index (χ4n) is 1.34. The highest BCUT2D eigenvalue weighted by Crippen LogP contribution is 2.20. The molecule has 0 heterocycles. The second-order valence-corrected chi connectivity index (χ2v) is 5.87. The van der Waals surface area contributed by atoms with E-state index in [1.807, 2.05) is 0 Å². The standard InChI is InChI=1S/C11H14ClNO5S/c1-18-6-2-5-13-19(16,17)8-3-4-10(12)9(7-8)11(14)15/h3-4,7,13H,2,5-6H2,1H3,(H,14,15). The maximum Gasteiger partial charge on any atom is 0.337 e. The van der Waals surface area contributed by atoms with Gasteiger partial charge >= 0.3 is 5.97 Å². The Morgan fingerprint density at radius 1 is 1.47 bits per heavy atom. The zero-order valence-electron chi connectivity index (χ0n) is 10.2. The number of hydrogen-bond acceptors (Lipinski definition) is 4. The Bertz CT molecular complexity index is 558. The van der Waals surface area contributed by atoms with Gasteiger partial charge in [-0.3, -0.25) is 0 Å². The quantitative estimate of drug-likeness (QED) is 0.742. The number of ether oxygens (including phenoxy) is 1. The fourth-order valence-corrected chi connectivity index (χ4v) is 2.64. The minimum Gasteiger partial charge on any atom is -0.478 e. The number of benzene rings is 1. The first-order valence-corrected chi connectivity index (χ1v) is 7.26. The summed E-state index contributed by atoms with van der Waals surface area (Å²) in [6.45, 7) is 0.644. The Morgan fingerprint density at radius 2 is 2.16 bits per heavy atom. The third-order valence-corrected chi connectivity index (χ3v) is 4.08. The van der Waals surface area contributed by atoms with E-state index in [1.165, 1.54) is 19.2 Å². The summed E-state index contributed by atoms with van der Waals surface area (Å²) >= 11 is 5.67. The molecule has 0 aliphatic carbocycles.